The molecule has 29 heavy (non-hydrogen) atoms. The molecule has 0 bridgehead atoms. The number of aromatic nitrogens is 1. The van der Waals surface area contributed by atoms with Gasteiger partial charge in [-0.05, 0) is 35.9 Å². The quantitative estimate of drug-likeness (QED) is 0.428. The molecule has 0 saturated carbocycles. The highest BCUT2D eigenvalue weighted by Gasteiger charge is 2.21. The standard InChI is InChI=1S/C22H15ClF2N2O2/c23-16-6-7-20-19(10-16)26-21(29-20)13-27(12-14-4-2-1-3-5-14)22(28)15-8-17(24)11-18(25)9-15/h1-11H,12-13H2. The van der Waals surface area contributed by atoms with E-state index >= 15 is 0 Å². The van der Waals surface area contributed by atoms with Gasteiger partial charge in [-0.2, -0.15) is 0 Å². The first-order valence-electron chi connectivity index (χ1n) is 8.82. The SMILES string of the molecule is O=C(c1cc(F)cc(F)c1)N(Cc1ccccc1)Cc1nc2cc(Cl)ccc2o1. The Labute approximate surface area is 170 Å². The van der Waals surface area contributed by atoms with E-state index in [2.05, 4.69) is 4.98 Å². The van der Waals surface area contributed by atoms with Crippen molar-refractivity contribution in [3.05, 3.63) is 100 Å². The molecule has 0 fully saturated rings. The van der Waals surface area contributed by atoms with Gasteiger partial charge in [0.1, 0.15) is 17.2 Å². The molecule has 4 aromatic rings. The van der Waals surface area contributed by atoms with E-state index in [0.29, 0.717) is 22.0 Å². The van der Waals surface area contributed by atoms with Gasteiger partial charge in [-0.25, -0.2) is 13.8 Å². The van der Waals surface area contributed by atoms with Gasteiger partial charge in [0, 0.05) is 23.2 Å². The topological polar surface area (TPSA) is 46.3 Å². The Morgan fingerprint density at radius 1 is 0.966 bits per heavy atom. The van der Waals surface area contributed by atoms with Crippen LogP contribution in [0.4, 0.5) is 8.78 Å². The van der Waals surface area contributed by atoms with Gasteiger partial charge in [0.15, 0.2) is 5.58 Å². The summed E-state index contributed by atoms with van der Waals surface area (Å²) in [6.07, 6.45) is 0. The Morgan fingerprint density at radius 3 is 2.41 bits per heavy atom. The van der Waals surface area contributed by atoms with E-state index in [0.717, 1.165) is 23.8 Å². The third-order valence-corrected chi connectivity index (χ3v) is 4.57. The Bertz CT molecular complexity index is 1160. The number of hydrogen-bond acceptors (Lipinski definition) is 3. The lowest BCUT2D eigenvalue weighted by atomic mass is 10.1. The predicted molar refractivity (Wildman–Crippen MR) is 105 cm³/mol. The highest BCUT2D eigenvalue weighted by molar-refractivity contribution is 6.31. The van der Waals surface area contributed by atoms with Crippen LogP contribution in [0.25, 0.3) is 11.1 Å². The van der Waals surface area contributed by atoms with Gasteiger partial charge in [-0.3, -0.25) is 4.79 Å². The van der Waals surface area contributed by atoms with Crippen LogP contribution in [0.5, 0.6) is 0 Å². The van der Waals surface area contributed by atoms with Crippen LogP contribution in [0.3, 0.4) is 0 Å². The van der Waals surface area contributed by atoms with E-state index < -0.39 is 17.5 Å². The van der Waals surface area contributed by atoms with Gasteiger partial charge >= 0.3 is 0 Å². The lowest BCUT2D eigenvalue weighted by Gasteiger charge is -2.21. The second-order valence-electron chi connectivity index (χ2n) is 6.52. The molecule has 0 N–H and O–H groups in total. The summed E-state index contributed by atoms with van der Waals surface area (Å²) in [5.41, 5.74) is 1.87. The van der Waals surface area contributed by atoms with Crippen molar-refractivity contribution < 1.29 is 18.0 Å². The van der Waals surface area contributed by atoms with E-state index in [1.165, 1.54) is 4.90 Å². The number of carbonyl (C=O) groups excluding carboxylic acids is 1. The molecule has 0 aliphatic heterocycles. The summed E-state index contributed by atoms with van der Waals surface area (Å²) in [6, 6.07) is 17.1. The average Bonchev–Trinajstić information content (AvgIpc) is 3.08. The molecule has 0 spiro atoms. The molecule has 0 radical (unpaired) electrons. The summed E-state index contributed by atoms with van der Waals surface area (Å²) in [7, 11) is 0. The molecular formula is C22H15ClF2N2O2. The van der Waals surface area contributed by atoms with E-state index in [-0.39, 0.29) is 18.7 Å². The number of halogens is 3. The highest BCUT2D eigenvalue weighted by atomic mass is 35.5. The molecule has 1 heterocycles. The fraction of sp³-hybridized carbons (Fsp3) is 0.0909. The van der Waals surface area contributed by atoms with Crippen molar-refractivity contribution >= 4 is 28.6 Å². The minimum Gasteiger partial charge on any atom is -0.439 e. The van der Waals surface area contributed by atoms with E-state index in [1.54, 1.807) is 18.2 Å². The first kappa shape index (κ1) is 19.1. The molecule has 4 rings (SSSR count). The Kier molecular flexibility index (Phi) is 5.27. The van der Waals surface area contributed by atoms with Crippen LogP contribution in [-0.4, -0.2) is 15.8 Å². The number of rotatable bonds is 5. The van der Waals surface area contributed by atoms with Crippen LogP contribution in [0, 0.1) is 11.6 Å². The number of oxazole rings is 1. The molecule has 0 saturated heterocycles. The molecule has 4 nitrogen and oxygen atoms in total. The van der Waals surface area contributed by atoms with Crippen molar-refractivity contribution in [2.75, 3.05) is 0 Å². The first-order valence-corrected chi connectivity index (χ1v) is 9.20. The van der Waals surface area contributed by atoms with Crippen molar-refractivity contribution in [3.8, 4) is 0 Å². The summed E-state index contributed by atoms with van der Waals surface area (Å²) in [5, 5.41) is 0.518. The van der Waals surface area contributed by atoms with E-state index in [9.17, 15) is 13.6 Å². The Hall–Kier alpha value is -3.25. The summed E-state index contributed by atoms with van der Waals surface area (Å²) < 4.78 is 33.0. The molecule has 0 aliphatic rings. The van der Waals surface area contributed by atoms with Crippen LogP contribution in [-0.2, 0) is 13.1 Å². The summed E-state index contributed by atoms with van der Waals surface area (Å²) in [5.74, 6) is -1.87. The molecular weight excluding hydrogens is 398 g/mol. The van der Waals surface area contributed by atoms with Crippen molar-refractivity contribution in [1.29, 1.82) is 0 Å². The van der Waals surface area contributed by atoms with Gasteiger partial charge in [0.05, 0.1) is 6.54 Å². The lowest BCUT2D eigenvalue weighted by molar-refractivity contribution is 0.0714. The van der Waals surface area contributed by atoms with Crippen molar-refractivity contribution in [1.82, 2.24) is 9.88 Å². The second kappa shape index (κ2) is 8.01. The minimum absolute atomic E-state index is 0.0260. The number of hydrogen-bond donors (Lipinski definition) is 0. The smallest absolute Gasteiger partial charge is 0.254 e. The van der Waals surface area contributed by atoms with Crippen LogP contribution >= 0.6 is 11.6 Å². The Balaban J connectivity index is 1.67. The van der Waals surface area contributed by atoms with E-state index in [4.69, 9.17) is 16.0 Å². The molecule has 1 amide bonds. The Morgan fingerprint density at radius 2 is 1.69 bits per heavy atom. The summed E-state index contributed by atoms with van der Waals surface area (Å²) in [6.45, 7) is 0.245. The lowest BCUT2D eigenvalue weighted by Crippen LogP contribution is -2.30. The number of benzene rings is 3. The molecule has 0 unspecified atom stereocenters. The van der Waals surface area contributed by atoms with Crippen molar-refractivity contribution in [3.63, 3.8) is 0 Å². The van der Waals surface area contributed by atoms with Crippen LogP contribution in [0.2, 0.25) is 5.02 Å². The highest BCUT2D eigenvalue weighted by Crippen LogP contribution is 2.22. The molecule has 7 heteroatoms. The molecule has 3 aromatic carbocycles. The van der Waals surface area contributed by atoms with Gasteiger partial charge in [0.2, 0.25) is 5.89 Å². The largest absolute Gasteiger partial charge is 0.439 e. The third-order valence-electron chi connectivity index (χ3n) is 4.33. The van der Waals surface area contributed by atoms with Gasteiger partial charge in [-0.1, -0.05) is 41.9 Å². The normalized spacial score (nSPS) is 11.0. The predicted octanol–water partition coefficient (Wildman–Crippen LogP) is 5.60. The minimum atomic E-state index is -0.815. The summed E-state index contributed by atoms with van der Waals surface area (Å²) in [4.78, 5) is 18.8. The molecule has 0 aliphatic carbocycles. The van der Waals surface area contributed by atoms with Gasteiger partial charge < -0.3 is 9.32 Å². The zero-order valence-corrected chi connectivity index (χ0v) is 15.9. The van der Waals surface area contributed by atoms with Crippen LogP contribution in [0.1, 0.15) is 21.8 Å². The van der Waals surface area contributed by atoms with Crippen LogP contribution in [0.15, 0.2) is 71.1 Å². The zero-order chi connectivity index (χ0) is 20.4. The van der Waals surface area contributed by atoms with Crippen LogP contribution < -0.4 is 0 Å². The number of nitrogens with zero attached hydrogens (tertiary/aromatic N) is 2. The van der Waals surface area contributed by atoms with Crippen molar-refractivity contribution in [2.45, 2.75) is 13.1 Å². The molecule has 146 valence electrons. The van der Waals surface area contributed by atoms with Crippen molar-refractivity contribution in [2.24, 2.45) is 0 Å². The number of amides is 1. The number of carbonyl (C=O) groups is 1. The maximum Gasteiger partial charge on any atom is 0.254 e. The van der Waals surface area contributed by atoms with E-state index in [1.807, 2.05) is 30.3 Å². The fourth-order valence-electron chi connectivity index (χ4n) is 3.04. The summed E-state index contributed by atoms with van der Waals surface area (Å²) >= 11 is 5.98. The maximum atomic E-state index is 13.6. The van der Waals surface area contributed by atoms with Gasteiger partial charge in [0.25, 0.3) is 5.91 Å². The average molecular weight is 413 g/mol. The van der Waals surface area contributed by atoms with Gasteiger partial charge in [-0.15, -0.1) is 0 Å². The fourth-order valence-corrected chi connectivity index (χ4v) is 3.21. The number of fused-ring (bicyclic) bond motifs is 1. The first-order chi connectivity index (χ1) is 14.0. The zero-order valence-electron chi connectivity index (χ0n) is 15.1. The monoisotopic (exact) mass is 412 g/mol. The third kappa shape index (κ3) is 4.43. The maximum absolute atomic E-state index is 13.6. The molecule has 0 atom stereocenters. The second-order valence-corrected chi connectivity index (χ2v) is 6.96. The molecule has 1 aromatic heterocycles.